The normalized spacial score (nSPS) is 17.0. The highest BCUT2D eigenvalue weighted by molar-refractivity contribution is 6.30. The highest BCUT2D eigenvalue weighted by atomic mass is 35.5. The van der Waals surface area contributed by atoms with Crippen LogP contribution in [0.25, 0.3) is 0 Å². The molecule has 1 heterocycles. The largest absolute Gasteiger partial charge is 0.491 e. The molecule has 0 spiro atoms. The van der Waals surface area contributed by atoms with Crippen molar-refractivity contribution in [2.24, 2.45) is 0 Å². The van der Waals surface area contributed by atoms with Crippen LogP contribution in [0.5, 0.6) is 5.75 Å². The van der Waals surface area contributed by atoms with Crippen molar-refractivity contribution in [3.63, 3.8) is 0 Å². The quantitative estimate of drug-likeness (QED) is 0.895. The molecule has 1 aliphatic heterocycles. The molecule has 4 nitrogen and oxygen atoms in total. The SMILES string of the molecule is O=C(Nc1ccc(OCC2CCCO2)cc1)c1ccc(Cl)cc1. The van der Waals surface area contributed by atoms with Gasteiger partial charge in [0, 0.05) is 22.9 Å². The number of carbonyl (C=O) groups excluding carboxylic acids is 1. The Bertz CT molecular complexity index is 649. The van der Waals surface area contributed by atoms with Gasteiger partial charge in [0.2, 0.25) is 0 Å². The van der Waals surface area contributed by atoms with Gasteiger partial charge in [-0.2, -0.15) is 0 Å². The molecule has 1 atom stereocenters. The molecule has 0 aromatic heterocycles. The minimum atomic E-state index is -0.172. The molecule has 0 bridgehead atoms. The van der Waals surface area contributed by atoms with Gasteiger partial charge >= 0.3 is 0 Å². The number of ether oxygens (including phenoxy) is 2. The van der Waals surface area contributed by atoms with E-state index in [9.17, 15) is 4.79 Å². The van der Waals surface area contributed by atoms with E-state index in [1.54, 1.807) is 24.3 Å². The van der Waals surface area contributed by atoms with Gasteiger partial charge in [0.15, 0.2) is 0 Å². The molecule has 0 aliphatic carbocycles. The summed E-state index contributed by atoms with van der Waals surface area (Å²) in [6.45, 7) is 1.39. The van der Waals surface area contributed by atoms with E-state index < -0.39 is 0 Å². The molecular formula is C18H18ClNO3. The molecule has 5 heteroatoms. The lowest BCUT2D eigenvalue weighted by molar-refractivity contribution is 0.0679. The zero-order valence-corrected chi connectivity index (χ0v) is 13.4. The van der Waals surface area contributed by atoms with Crippen LogP contribution in [0.1, 0.15) is 23.2 Å². The molecular weight excluding hydrogens is 314 g/mol. The van der Waals surface area contributed by atoms with Gasteiger partial charge in [-0.15, -0.1) is 0 Å². The maximum absolute atomic E-state index is 12.1. The van der Waals surface area contributed by atoms with Crippen LogP contribution in [-0.2, 0) is 4.74 Å². The standard InChI is InChI=1S/C18H18ClNO3/c19-14-5-3-13(4-6-14)18(21)20-15-7-9-16(10-8-15)23-12-17-2-1-11-22-17/h3-10,17H,1-2,11-12H2,(H,20,21). The Kier molecular flexibility index (Phi) is 5.16. The number of hydrogen-bond acceptors (Lipinski definition) is 3. The summed E-state index contributed by atoms with van der Waals surface area (Å²) in [4.78, 5) is 12.1. The van der Waals surface area contributed by atoms with Crippen molar-refractivity contribution >= 4 is 23.2 Å². The van der Waals surface area contributed by atoms with Crippen LogP contribution in [0.15, 0.2) is 48.5 Å². The molecule has 1 amide bonds. The van der Waals surface area contributed by atoms with E-state index in [2.05, 4.69) is 5.32 Å². The Morgan fingerprint density at radius 3 is 2.57 bits per heavy atom. The molecule has 0 saturated carbocycles. The Labute approximate surface area is 140 Å². The Morgan fingerprint density at radius 1 is 1.17 bits per heavy atom. The summed E-state index contributed by atoms with van der Waals surface area (Å²) >= 11 is 5.82. The fourth-order valence-electron chi connectivity index (χ4n) is 2.40. The molecule has 1 N–H and O–H groups in total. The summed E-state index contributed by atoms with van der Waals surface area (Å²) in [5.41, 5.74) is 1.28. The van der Waals surface area contributed by atoms with E-state index in [1.165, 1.54) is 0 Å². The van der Waals surface area contributed by atoms with Gasteiger partial charge in [-0.3, -0.25) is 4.79 Å². The van der Waals surface area contributed by atoms with Crippen LogP contribution in [0.4, 0.5) is 5.69 Å². The first kappa shape index (κ1) is 15.8. The van der Waals surface area contributed by atoms with E-state index in [4.69, 9.17) is 21.1 Å². The third kappa shape index (κ3) is 4.47. The molecule has 0 radical (unpaired) electrons. The summed E-state index contributed by atoms with van der Waals surface area (Å²) in [7, 11) is 0. The van der Waals surface area contributed by atoms with E-state index in [0.717, 1.165) is 30.9 Å². The molecule has 23 heavy (non-hydrogen) atoms. The van der Waals surface area contributed by atoms with E-state index in [-0.39, 0.29) is 12.0 Å². The third-order valence-electron chi connectivity index (χ3n) is 3.68. The van der Waals surface area contributed by atoms with Gasteiger partial charge in [-0.1, -0.05) is 11.6 Å². The Hall–Kier alpha value is -2.04. The second-order valence-corrected chi connectivity index (χ2v) is 5.87. The van der Waals surface area contributed by atoms with Crippen LogP contribution in [0, 0.1) is 0 Å². The summed E-state index contributed by atoms with van der Waals surface area (Å²) in [6, 6.07) is 14.1. The first-order valence-electron chi connectivity index (χ1n) is 7.62. The summed E-state index contributed by atoms with van der Waals surface area (Å²) in [5.74, 6) is 0.597. The molecule has 2 aromatic rings. The number of nitrogens with one attached hydrogen (secondary N) is 1. The highest BCUT2D eigenvalue weighted by Crippen LogP contribution is 2.19. The summed E-state index contributed by atoms with van der Waals surface area (Å²) < 4.78 is 11.2. The van der Waals surface area contributed by atoms with Crippen LogP contribution in [0.3, 0.4) is 0 Å². The number of hydrogen-bond donors (Lipinski definition) is 1. The zero-order chi connectivity index (χ0) is 16.1. The summed E-state index contributed by atoms with van der Waals surface area (Å²) in [5, 5.41) is 3.45. The molecule has 120 valence electrons. The van der Waals surface area contributed by atoms with Gasteiger partial charge in [0.05, 0.1) is 6.10 Å². The number of halogens is 1. The number of carbonyl (C=O) groups is 1. The first-order valence-corrected chi connectivity index (χ1v) is 8.00. The molecule has 2 aromatic carbocycles. The van der Waals surface area contributed by atoms with Crippen LogP contribution >= 0.6 is 11.6 Å². The van der Waals surface area contributed by atoms with Crippen molar-refractivity contribution < 1.29 is 14.3 Å². The molecule has 1 fully saturated rings. The average Bonchev–Trinajstić information content (AvgIpc) is 3.08. The average molecular weight is 332 g/mol. The van der Waals surface area contributed by atoms with Crippen LogP contribution < -0.4 is 10.1 Å². The van der Waals surface area contributed by atoms with Gasteiger partial charge in [-0.25, -0.2) is 0 Å². The number of amides is 1. The number of rotatable bonds is 5. The van der Waals surface area contributed by atoms with Gasteiger partial charge in [-0.05, 0) is 61.4 Å². The lowest BCUT2D eigenvalue weighted by Crippen LogP contribution is -2.16. The van der Waals surface area contributed by atoms with Gasteiger partial charge < -0.3 is 14.8 Å². The van der Waals surface area contributed by atoms with Crippen LogP contribution in [0.2, 0.25) is 5.02 Å². The maximum atomic E-state index is 12.1. The zero-order valence-electron chi connectivity index (χ0n) is 12.6. The lowest BCUT2D eigenvalue weighted by atomic mass is 10.2. The Morgan fingerprint density at radius 2 is 1.91 bits per heavy atom. The second kappa shape index (κ2) is 7.49. The van der Waals surface area contributed by atoms with Crippen molar-refractivity contribution in [2.75, 3.05) is 18.5 Å². The smallest absolute Gasteiger partial charge is 0.255 e. The van der Waals surface area contributed by atoms with Crippen molar-refractivity contribution in [1.82, 2.24) is 0 Å². The van der Waals surface area contributed by atoms with Crippen molar-refractivity contribution in [2.45, 2.75) is 18.9 Å². The predicted molar refractivity (Wildman–Crippen MR) is 90.3 cm³/mol. The minimum Gasteiger partial charge on any atom is -0.491 e. The monoisotopic (exact) mass is 331 g/mol. The van der Waals surface area contributed by atoms with E-state index >= 15 is 0 Å². The number of anilines is 1. The Balaban J connectivity index is 1.54. The van der Waals surface area contributed by atoms with Gasteiger partial charge in [0.25, 0.3) is 5.91 Å². The van der Waals surface area contributed by atoms with Crippen molar-refractivity contribution in [3.8, 4) is 5.75 Å². The fourth-order valence-corrected chi connectivity index (χ4v) is 2.53. The van der Waals surface area contributed by atoms with E-state index in [1.807, 2.05) is 24.3 Å². The fraction of sp³-hybridized carbons (Fsp3) is 0.278. The number of benzene rings is 2. The molecule has 1 saturated heterocycles. The molecule has 3 rings (SSSR count). The predicted octanol–water partition coefficient (Wildman–Crippen LogP) is 4.15. The topological polar surface area (TPSA) is 47.6 Å². The lowest BCUT2D eigenvalue weighted by Gasteiger charge is -2.12. The van der Waals surface area contributed by atoms with Crippen molar-refractivity contribution in [1.29, 1.82) is 0 Å². The van der Waals surface area contributed by atoms with Crippen LogP contribution in [-0.4, -0.2) is 25.2 Å². The molecule has 1 unspecified atom stereocenters. The van der Waals surface area contributed by atoms with E-state index in [0.29, 0.717) is 17.2 Å². The highest BCUT2D eigenvalue weighted by Gasteiger charge is 2.15. The maximum Gasteiger partial charge on any atom is 0.255 e. The first-order chi connectivity index (χ1) is 11.2. The summed E-state index contributed by atoms with van der Waals surface area (Å²) in [6.07, 6.45) is 2.35. The molecule has 1 aliphatic rings. The van der Waals surface area contributed by atoms with Gasteiger partial charge in [0.1, 0.15) is 12.4 Å². The third-order valence-corrected chi connectivity index (χ3v) is 3.93. The second-order valence-electron chi connectivity index (χ2n) is 5.43. The van der Waals surface area contributed by atoms with Crippen molar-refractivity contribution in [3.05, 3.63) is 59.1 Å². The minimum absolute atomic E-state index is 0.172.